The van der Waals surface area contributed by atoms with Crippen LogP contribution in [0.25, 0.3) is 0 Å². The fraction of sp³-hybridized carbons (Fsp3) is 0.692. The Morgan fingerprint density at radius 3 is 2.46 bits per heavy atom. The monoisotopic (exact) mass is 178 g/mol. The summed E-state index contributed by atoms with van der Waals surface area (Å²) in [6.45, 7) is 4.53. The van der Waals surface area contributed by atoms with Crippen LogP contribution in [0.15, 0.2) is 23.3 Å². The van der Waals surface area contributed by atoms with Crippen LogP contribution in [-0.4, -0.2) is 0 Å². The zero-order valence-electron chi connectivity index (χ0n) is 9.10. The van der Waals surface area contributed by atoms with Crippen molar-refractivity contribution in [1.29, 1.82) is 0 Å². The molecule has 0 unspecified atom stereocenters. The van der Waals surface area contributed by atoms with E-state index in [1.54, 1.807) is 11.1 Å². The van der Waals surface area contributed by atoms with Crippen molar-refractivity contribution >= 4 is 0 Å². The number of hydrogen-bond donors (Lipinski definition) is 0. The number of unbranched alkanes of at least 4 members (excludes halogenated alkanes) is 2. The molecule has 0 saturated heterocycles. The number of hydrogen-bond acceptors (Lipinski definition) is 0. The van der Waals surface area contributed by atoms with E-state index in [0.717, 1.165) is 0 Å². The van der Waals surface area contributed by atoms with E-state index in [4.69, 9.17) is 0 Å². The van der Waals surface area contributed by atoms with Crippen molar-refractivity contribution in [1.82, 2.24) is 0 Å². The average molecular weight is 178 g/mol. The first-order valence-corrected chi connectivity index (χ1v) is 5.75. The Balaban J connectivity index is 2.24. The molecule has 1 rings (SSSR count). The first kappa shape index (κ1) is 10.6. The molecule has 0 heteroatoms. The van der Waals surface area contributed by atoms with Gasteiger partial charge < -0.3 is 0 Å². The maximum atomic E-state index is 2.44. The lowest BCUT2D eigenvalue weighted by atomic mass is 10.1. The molecule has 13 heavy (non-hydrogen) atoms. The molecule has 0 spiro atoms. The molecule has 74 valence electrons. The minimum Gasteiger partial charge on any atom is -0.0772 e. The predicted octanol–water partition coefficient (Wildman–Crippen LogP) is 4.62. The Kier molecular flexibility index (Phi) is 4.88. The summed E-state index contributed by atoms with van der Waals surface area (Å²) in [6.07, 6.45) is 14.1. The van der Waals surface area contributed by atoms with Crippen molar-refractivity contribution in [3.8, 4) is 0 Å². The SMILES string of the molecule is CCCCC1=CCC(CCCC)=C1. The maximum absolute atomic E-state index is 2.44. The van der Waals surface area contributed by atoms with Crippen LogP contribution in [0.3, 0.4) is 0 Å². The first-order chi connectivity index (χ1) is 6.36. The lowest BCUT2D eigenvalue weighted by molar-refractivity contribution is 0.778. The summed E-state index contributed by atoms with van der Waals surface area (Å²) in [4.78, 5) is 0. The lowest BCUT2D eigenvalue weighted by Gasteiger charge is -1.98. The van der Waals surface area contributed by atoms with Gasteiger partial charge in [0.1, 0.15) is 0 Å². The highest BCUT2D eigenvalue weighted by Gasteiger charge is 2.05. The zero-order valence-corrected chi connectivity index (χ0v) is 9.10. The van der Waals surface area contributed by atoms with Crippen molar-refractivity contribution in [3.63, 3.8) is 0 Å². The Morgan fingerprint density at radius 2 is 1.77 bits per heavy atom. The van der Waals surface area contributed by atoms with Crippen molar-refractivity contribution in [3.05, 3.63) is 23.3 Å². The van der Waals surface area contributed by atoms with Crippen LogP contribution in [-0.2, 0) is 0 Å². The molecule has 0 aliphatic heterocycles. The summed E-state index contributed by atoms with van der Waals surface area (Å²) in [5.41, 5.74) is 3.25. The van der Waals surface area contributed by atoms with Crippen LogP contribution >= 0.6 is 0 Å². The van der Waals surface area contributed by atoms with Gasteiger partial charge in [0, 0.05) is 0 Å². The zero-order chi connectivity index (χ0) is 9.52. The second-order valence-corrected chi connectivity index (χ2v) is 3.99. The van der Waals surface area contributed by atoms with E-state index >= 15 is 0 Å². The van der Waals surface area contributed by atoms with Crippen LogP contribution < -0.4 is 0 Å². The summed E-state index contributed by atoms with van der Waals surface area (Å²) >= 11 is 0. The second kappa shape index (κ2) is 6.01. The van der Waals surface area contributed by atoms with Crippen molar-refractivity contribution < 1.29 is 0 Å². The predicted molar refractivity (Wildman–Crippen MR) is 59.8 cm³/mol. The van der Waals surface area contributed by atoms with Crippen molar-refractivity contribution in [2.75, 3.05) is 0 Å². The fourth-order valence-corrected chi connectivity index (χ4v) is 1.78. The van der Waals surface area contributed by atoms with Crippen LogP contribution in [0, 0.1) is 0 Å². The lowest BCUT2D eigenvalue weighted by Crippen LogP contribution is -1.78. The van der Waals surface area contributed by atoms with E-state index in [1.165, 1.54) is 44.9 Å². The Hall–Kier alpha value is -0.520. The van der Waals surface area contributed by atoms with Gasteiger partial charge in [0.2, 0.25) is 0 Å². The highest BCUT2D eigenvalue weighted by molar-refractivity contribution is 5.32. The van der Waals surface area contributed by atoms with E-state index in [-0.39, 0.29) is 0 Å². The molecule has 0 saturated carbocycles. The third kappa shape index (κ3) is 3.80. The summed E-state index contributed by atoms with van der Waals surface area (Å²) in [6, 6.07) is 0. The summed E-state index contributed by atoms with van der Waals surface area (Å²) in [5.74, 6) is 0. The Morgan fingerprint density at radius 1 is 1.08 bits per heavy atom. The van der Waals surface area contributed by atoms with E-state index in [9.17, 15) is 0 Å². The molecule has 0 aromatic heterocycles. The third-order valence-electron chi connectivity index (χ3n) is 2.69. The minimum atomic E-state index is 1.24. The van der Waals surface area contributed by atoms with Crippen LogP contribution in [0.2, 0.25) is 0 Å². The van der Waals surface area contributed by atoms with Gasteiger partial charge in [-0.25, -0.2) is 0 Å². The van der Waals surface area contributed by atoms with Gasteiger partial charge in [-0.2, -0.15) is 0 Å². The molecule has 0 amide bonds. The van der Waals surface area contributed by atoms with Gasteiger partial charge in [-0.1, -0.05) is 50.0 Å². The normalized spacial score (nSPS) is 15.8. The second-order valence-electron chi connectivity index (χ2n) is 3.99. The van der Waals surface area contributed by atoms with Gasteiger partial charge in [-0.3, -0.25) is 0 Å². The average Bonchev–Trinajstić information content (AvgIpc) is 2.59. The maximum Gasteiger partial charge on any atom is -0.0130 e. The Bertz CT molecular complexity index is 196. The van der Waals surface area contributed by atoms with E-state index in [2.05, 4.69) is 26.0 Å². The van der Waals surface area contributed by atoms with Crippen LogP contribution in [0.5, 0.6) is 0 Å². The molecule has 1 aliphatic carbocycles. The van der Waals surface area contributed by atoms with E-state index in [0.29, 0.717) is 0 Å². The van der Waals surface area contributed by atoms with Gasteiger partial charge in [0.15, 0.2) is 0 Å². The number of rotatable bonds is 6. The molecule has 1 aliphatic rings. The van der Waals surface area contributed by atoms with Crippen molar-refractivity contribution in [2.24, 2.45) is 0 Å². The molecule has 0 bridgehead atoms. The first-order valence-electron chi connectivity index (χ1n) is 5.75. The van der Waals surface area contributed by atoms with Crippen molar-refractivity contribution in [2.45, 2.75) is 58.8 Å². The largest absolute Gasteiger partial charge is 0.0772 e. The smallest absolute Gasteiger partial charge is 0.0130 e. The molecule has 0 radical (unpaired) electrons. The molecular weight excluding hydrogens is 156 g/mol. The molecule has 0 N–H and O–H groups in total. The molecule has 0 fully saturated rings. The highest BCUT2D eigenvalue weighted by Crippen LogP contribution is 2.25. The highest BCUT2D eigenvalue weighted by atomic mass is 14.1. The van der Waals surface area contributed by atoms with Gasteiger partial charge in [-0.05, 0) is 32.1 Å². The topological polar surface area (TPSA) is 0 Å². The molecule has 0 aromatic rings. The quantitative estimate of drug-likeness (QED) is 0.556. The summed E-state index contributed by atoms with van der Waals surface area (Å²) in [5, 5.41) is 0. The molecule has 0 heterocycles. The Labute approximate surface area is 82.7 Å². The number of allylic oxidation sites excluding steroid dienone is 4. The minimum absolute atomic E-state index is 1.24. The molecule has 0 atom stereocenters. The standard InChI is InChI=1S/C13H22/c1-3-5-7-12-9-10-13(11-12)8-6-4-2/h9,11H,3-8,10H2,1-2H3. The fourth-order valence-electron chi connectivity index (χ4n) is 1.78. The molecule has 0 nitrogen and oxygen atoms in total. The van der Waals surface area contributed by atoms with Gasteiger partial charge >= 0.3 is 0 Å². The molecular formula is C13H22. The summed E-state index contributed by atoms with van der Waals surface area (Å²) in [7, 11) is 0. The van der Waals surface area contributed by atoms with Gasteiger partial charge in [0.25, 0.3) is 0 Å². The van der Waals surface area contributed by atoms with E-state index < -0.39 is 0 Å². The molecule has 0 aromatic carbocycles. The van der Waals surface area contributed by atoms with Gasteiger partial charge in [0.05, 0.1) is 0 Å². The van der Waals surface area contributed by atoms with Crippen LogP contribution in [0.1, 0.15) is 58.8 Å². The van der Waals surface area contributed by atoms with Crippen LogP contribution in [0.4, 0.5) is 0 Å². The van der Waals surface area contributed by atoms with E-state index in [1.807, 2.05) is 0 Å². The third-order valence-corrected chi connectivity index (χ3v) is 2.69. The summed E-state index contributed by atoms with van der Waals surface area (Å²) < 4.78 is 0. The van der Waals surface area contributed by atoms with Gasteiger partial charge in [-0.15, -0.1) is 0 Å².